The van der Waals surface area contributed by atoms with Crippen molar-refractivity contribution in [1.29, 1.82) is 0 Å². The highest BCUT2D eigenvalue weighted by molar-refractivity contribution is 7.05. The zero-order valence-corrected chi connectivity index (χ0v) is 12.7. The van der Waals surface area contributed by atoms with Gasteiger partial charge in [0.15, 0.2) is 0 Å². The Kier molecular flexibility index (Phi) is 3.84. The number of esters is 1. The van der Waals surface area contributed by atoms with E-state index in [-0.39, 0.29) is 5.97 Å². The predicted octanol–water partition coefficient (Wildman–Crippen LogP) is 2.46. The van der Waals surface area contributed by atoms with Crippen LogP contribution in [-0.2, 0) is 4.74 Å². The van der Waals surface area contributed by atoms with Crippen LogP contribution in [0.15, 0.2) is 54.6 Å². The van der Waals surface area contributed by atoms with Crippen molar-refractivity contribution in [3.8, 4) is 17.1 Å². The number of ether oxygens (including phenoxy) is 1. The standard InChI is InChI=1S/C16H13N3O2S/c1-21-15(20)12-8-5-9-13(10-12)19-14(18-16(17)22-19)11-6-3-2-4-7-11/h2-10,17H,1H3/p+1. The first-order valence-electron chi connectivity index (χ1n) is 6.62. The number of nitrogens with zero attached hydrogens (tertiary/aromatic N) is 2. The summed E-state index contributed by atoms with van der Waals surface area (Å²) in [7, 11) is 1.36. The van der Waals surface area contributed by atoms with E-state index in [9.17, 15) is 4.79 Å². The third kappa shape index (κ3) is 2.68. The van der Waals surface area contributed by atoms with E-state index in [4.69, 9.17) is 10.5 Å². The Labute approximate surface area is 131 Å². The molecule has 5 nitrogen and oxygen atoms in total. The molecule has 2 N–H and O–H groups in total. The second kappa shape index (κ2) is 5.95. The third-order valence-electron chi connectivity index (χ3n) is 3.13. The molecule has 0 saturated heterocycles. The van der Waals surface area contributed by atoms with Crippen molar-refractivity contribution in [2.75, 3.05) is 12.8 Å². The molecule has 1 heterocycles. The SMILES string of the molecule is COC(=O)c1cccc(-[n+]2sc(N)nc2-c2ccccc2)c1. The molecular weight excluding hydrogens is 298 g/mol. The van der Waals surface area contributed by atoms with Crippen LogP contribution in [0.3, 0.4) is 0 Å². The van der Waals surface area contributed by atoms with Crippen LogP contribution in [0.5, 0.6) is 0 Å². The van der Waals surface area contributed by atoms with Gasteiger partial charge < -0.3 is 10.5 Å². The molecule has 0 unspecified atom stereocenters. The molecule has 110 valence electrons. The number of carbonyl (C=O) groups excluding carboxylic acids is 1. The van der Waals surface area contributed by atoms with Gasteiger partial charge in [0.05, 0.1) is 18.2 Å². The van der Waals surface area contributed by atoms with Gasteiger partial charge in [-0.3, -0.25) is 0 Å². The first-order valence-corrected chi connectivity index (χ1v) is 7.39. The molecule has 22 heavy (non-hydrogen) atoms. The van der Waals surface area contributed by atoms with Gasteiger partial charge >= 0.3 is 16.9 Å². The van der Waals surface area contributed by atoms with Gasteiger partial charge in [-0.25, -0.2) is 4.79 Å². The molecule has 0 aliphatic rings. The van der Waals surface area contributed by atoms with E-state index in [1.54, 1.807) is 18.2 Å². The van der Waals surface area contributed by atoms with Gasteiger partial charge in [-0.1, -0.05) is 24.3 Å². The van der Waals surface area contributed by atoms with Crippen molar-refractivity contribution in [3.05, 3.63) is 60.2 Å². The van der Waals surface area contributed by atoms with E-state index in [0.29, 0.717) is 10.7 Å². The van der Waals surface area contributed by atoms with Crippen molar-refractivity contribution < 1.29 is 13.5 Å². The van der Waals surface area contributed by atoms with E-state index < -0.39 is 0 Å². The Bertz CT molecular complexity index is 815. The monoisotopic (exact) mass is 312 g/mol. The summed E-state index contributed by atoms with van der Waals surface area (Å²) in [5.41, 5.74) is 8.13. The lowest BCUT2D eigenvalue weighted by atomic mass is 10.2. The number of benzene rings is 2. The van der Waals surface area contributed by atoms with E-state index in [0.717, 1.165) is 17.1 Å². The number of nitrogen functional groups attached to an aromatic ring is 1. The second-order valence-corrected chi connectivity index (χ2v) is 5.53. The molecule has 0 fully saturated rings. The maximum Gasteiger partial charge on any atom is 0.350 e. The summed E-state index contributed by atoms with van der Waals surface area (Å²) in [5.74, 6) is 0.367. The predicted molar refractivity (Wildman–Crippen MR) is 84.8 cm³/mol. The summed E-state index contributed by atoms with van der Waals surface area (Å²) >= 11 is 1.32. The number of nitrogens with two attached hydrogens (primary N) is 1. The molecule has 2 aromatic carbocycles. The fourth-order valence-corrected chi connectivity index (χ4v) is 2.89. The third-order valence-corrected chi connectivity index (χ3v) is 3.97. The van der Waals surface area contributed by atoms with Crippen LogP contribution in [0, 0.1) is 0 Å². The molecule has 3 aromatic rings. The van der Waals surface area contributed by atoms with Gasteiger partial charge in [0, 0.05) is 6.07 Å². The molecule has 0 aliphatic carbocycles. The normalized spacial score (nSPS) is 10.4. The summed E-state index contributed by atoms with van der Waals surface area (Å²) in [5, 5.41) is 0.460. The van der Waals surface area contributed by atoms with Gasteiger partial charge in [-0.15, -0.1) is 3.96 Å². The minimum atomic E-state index is -0.374. The van der Waals surface area contributed by atoms with E-state index in [1.165, 1.54) is 18.6 Å². The van der Waals surface area contributed by atoms with Crippen LogP contribution in [0.25, 0.3) is 17.1 Å². The zero-order chi connectivity index (χ0) is 15.5. The largest absolute Gasteiger partial charge is 0.465 e. The molecule has 0 bridgehead atoms. The second-order valence-electron chi connectivity index (χ2n) is 4.57. The number of aromatic nitrogens is 2. The smallest absolute Gasteiger partial charge is 0.350 e. The van der Waals surface area contributed by atoms with Crippen LogP contribution in [0.1, 0.15) is 10.4 Å². The molecule has 1 aromatic heterocycles. The maximum atomic E-state index is 11.7. The molecule has 6 heteroatoms. The lowest BCUT2D eigenvalue weighted by Crippen LogP contribution is -2.28. The number of methoxy groups -OCH3 is 1. The highest BCUT2D eigenvalue weighted by Crippen LogP contribution is 2.20. The molecule has 0 spiro atoms. The van der Waals surface area contributed by atoms with Crippen LogP contribution in [-0.4, -0.2) is 18.1 Å². The summed E-state index contributed by atoms with van der Waals surface area (Å²) in [6, 6.07) is 16.9. The Morgan fingerprint density at radius 2 is 1.95 bits per heavy atom. The molecule has 0 radical (unpaired) electrons. The number of carbonyl (C=O) groups is 1. The fourth-order valence-electron chi connectivity index (χ4n) is 2.13. The highest BCUT2D eigenvalue weighted by atomic mass is 32.1. The molecule has 0 aliphatic heterocycles. The van der Waals surface area contributed by atoms with Crippen molar-refractivity contribution in [2.45, 2.75) is 0 Å². The summed E-state index contributed by atoms with van der Waals surface area (Å²) in [6.07, 6.45) is 0. The van der Waals surface area contributed by atoms with E-state index in [1.807, 2.05) is 40.4 Å². The number of rotatable bonds is 3. The minimum absolute atomic E-state index is 0.374. The Morgan fingerprint density at radius 3 is 2.68 bits per heavy atom. The topological polar surface area (TPSA) is 69.1 Å². The Hall–Kier alpha value is -2.73. The number of hydrogen-bond donors (Lipinski definition) is 1. The van der Waals surface area contributed by atoms with Crippen molar-refractivity contribution in [2.24, 2.45) is 0 Å². The zero-order valence-electron chi connectivity index (χ0n) is 11.9. The van der Waals surface area contributed by atoms with Crippen molar-refractivity contribution >= 4 is 22.6 Å². The minimum Gasteiger partial charge on any atom is -0.465 e. The molecular formula is C16H14N3O2S+. The van der Waals surface area contributed by atoms with Crippen LogP contribution in [0.4, 0.5) is 5.13 Å². The van der Waals surface area contributed by atoms with Crippen molar-refractivity contribution in [3.63, 3.8) is 0 Å². The average molecular weight is 312 g/mol. The van der Waals surface area contributed by atoms with Crippen molar-refractivity contribution in [1.82, 2.24) is 4.98 Å². The van der Waals surface area contributed by atoms with E-state index in [2.05, 4.69) is 4.98 Å². The summed E-state index contributed by atoms with van der Waals surface area (Å²) in [4.78, 5) is 16.1. The molecule has 0 amide bonds. The first-order chi connectivity index (χ1) is 10.7. The van der Waals surface area contributed by atoms with Gasteiger partial charge in [0.1, 0.15) is 17.2 Å². The number of anilines is 1. The van der Waals surface area contributed by atoms with Gasteiger partial charge in [0.25, 0.3) is 0 Å². The quantitative estimate of drug-likeness (QED) is 0.596. The Morgan fingerprint density at radius 1 is 1.18 bits per heavy atom. The lowest BCUT2D eigenvalue weighted by molar-refractivity contribution is -0.509. The highest BCUT2D eigenvalue weighted by Gasteiger charge is 2.23. The van der Waals surface area contributed by atoms with Gasteiger partial charge in [0.2, 0.25) is 0 Å². The molecule has 3 rings (SSSR count). The summed E-state index contributed by atoms with van der Waals surface area (Å²) in [6.45, 7) is 0. The van der Waals surface area contributed by atoms with E-state index >= 15 is 0 Å². The van der Waals surface area contributed by atoms with Crippen LogP contribution < -0.4 is 9.69 Å². The Balaban J connectivity index is 2.12. The maximum absolute atomic E-state index is 11.7. The van der Waals surface area contributed by atoms with Crippen LogP contribution >= 0.6 is 11.5 Å². The molecule has 0 saturated carbocycles. The van der Waals surface area contributed by atoms with Crippen LogP contribution in [0.2, 0.25) is 0 Å². The summed E-state index contributed by atoms with van der Waals surface area (Å²) < 4.78 is 6.66. The lowest BCUT2D eigenvalue weighted by Gasteiger charge is -2.01. The average Bonchev–Trinajstić information content (AvgIpc) is 2.97. The fraction of sp³-hybridized carbons (Fsp3) is 0.0625. The molecule has 0 atom stereocenters. The number of hydrogen-bond acceptors (Lipinski definition) is 5. The van der Waals surface area contributed by atoms with Gasteiger partial charge in [-0.05, 0) is 29.2 Å². The first kappa shape index (κ1) is 14.2. The van der Waals surface area contributed by atoms with Gasteiger partial charge in [-0.2, -0.15) is 0 Å².